The number of phenols is 1. The van der Waals surface area contributed by atoms with Gasteiger partial charge in [-0.05, 0) is 123 Å². The molecule has 3 aromatic rings. The molecule has 91 heavy (non-hydrogen) atoms. The summed E-state index contributed by atoms with van der Waals surface area (Å²) in [5.41, 5.74) is 7.51. The van der Waals surface area contributed by atoms with Gasteiger partial charge in [-0.15, -0.1) is 0 Å². The van der Waals surface area contributed by atoms with Gasteiger partial charge in [-0.25, -0.2) is 0 Å². The van der Waals surface area contributed by atoms with Crippen molar-refractivity contribution in [2.45, 2.75) is 183 Å². The number of β-amino-alcohol motifs (C(OH)–C–C–N with tert-alkyl or cyclic N) is 1. The minimum absolute atomic E-state index is 0.0472. The van der Waals surface area contributed by atoms with Crippen LogP contribution in [0.3, 0.4) is 0 Å². The second-order valence-electron chi connectivity index (χ2n) is 24.7. The van der Waals surface area contributed by atoms with E-state index in [0.29, 0.717) is 6.61 Å². The first-order valence-electron chi connectivity index (χ1n) is 32.1. The molecule has 3 aromatic carbocycles. The number of aromatic hydroxyl groups is 1. The van der Waals surface area contributed by atoms with Gasteiger partial charge < -0.3 is 92.4 Å². The van der Waals surface area contributed by atoms with Crippen LogP contribution in [0.4, 0.5) is 0 Å². The van der Waals surface area contributed by atoms with Gasteiger partial charge in [0.2, 0.25) is 35.4 Å². The van der Waals surface area contributed by atoms with Gasteiger partial charge in [-0.3, -0.25) is 38.5 Å². The molecule has 0 spiro atoms. The van der Waals surface area contributed by atoms with Crippen molar-refractivity contribution in [2.24, 2.45) is 17.6 Å². The third-order valence-electron chi connectivity index (χ3n) is 17.8. The monoisotopic (exact) mass is 1270 g/mol. The number of carbonyl (C=O) groups is 7. The number of rotatable bonds is 31. The van der Waals surface area contributed by atoms with Crippen LogP contribution in [0.2, 0.25) is 0 Å². The summed E-state index contributed by atoms with van der Waals surface area (Å²) in [6, 6.07) is 10.1. The Morgan fingerprint density at radius 1 is 0.670 bits per heavy atom. The number of hydrogen-bond acceptors (Lipinski definition) is 19. The fourth-order valence-electron chi connectivity index (χ4n) is 12.6. The van der Waals surface area contributed by atoms with Crippen LogP contribution in [0.15, 0.2) is 72.8 Å². The van der Waals surface area contributed by atoms with Crippen molar-refractivity contribution in [3.63, 3.8) is 0 Å². The number of aliphatic hydroxyl groups is 7. The number of ether oxygens (including phenoxy) is 2. The molecule has 15 N–H and O–H groups in total. The standard InChI is InChI=1S/C65H95N9O17/c1-4-8-50(79)54(70-61(86)55(67-39(3)76)58(83)57(82)44-15-19-46(77)20-16-44)65(89)74-31-26-51(80)56(74)62(87)71-63(91-33-27-66)52(81)36-49(60(85)69-53(38(2)75)64(88)73-30-25-47(78)37-73)68-59(84)45-13-11-42(12-14-45)43-17-21-48(22-18-43)90-34-32-72-28-23-41(24-29-72)35-40-9-6-5-7-10-40/h11-22,38,40-41,47,49-58,63,75,77-83H,4-10,23-37,66H2,1-3H3,(H,67,76)(H,68,84)(H,69,85)(H,70,86)(H,71,87). The molecule has 1 aliphatic carbocycles. The molecule has 3 saturated heterocycles. The molecule has 7 amide bonds. The zero-order chi connectivity index (χ0) is 65.9. The van der Waals surface area contributed by atoms with E-state index in [1.807, 2.05) is 24.3 Å². The number of amides is 7. The fourth-order valence-corrected chi connectivity index (χ4v) is 12.6. The van der Waals surface area contributed by atoms with Gasteiger partial charge in [0.05, 0.1) is 31.0 Å². The molecular formula is C65H95N9O17. The second-order valence-corrected chi connectivity index (χ2v) is 24.7. The molecule has 26 nitrogen and oxygen atoms in total. The molecule has 13 unspecified atom stereocenters. The van der Waals surface area contributed by atoms with Gasteiger partial charge in [-0.2, -0.15) is 0 Å². The summed E-state index contributed by atoms with van der Waals surface area (Å²) >= 11 is 0. The maximum absolute atomic E-state index is 14.6. The third-order valence-corrected chi connectivity index (χ3v) is 17.8. The maximum Gasteiger partial charge on any atom is 0.251 e. The molecule has 3 heterocycles. The van der Waals surface area contributed by atoms with Crippen LogP contribution in [0.25, 0.3) is 11.1 Å². The summed E-state index contributed by atoms with van der Waals surface area (Å²) in [5.74, 6) is -4.55. The minimum atomic E-state index is -2.05. The Labute approximate surface area is 531 Å². The van der Waals surface area contributed by atoms with Crippen molar-refractivity contribution in [3.8, 4) is 22.6 Å². The highest BCUT2D eigenvalue weighted by molar-refractivity contribution is 5.99. The van der Waals surface area contributed by atoms with Crippen LogP contribution in [0.1, 0.15) is 126 Å². The number of nitrogens with zero attached hydrogens (tertiary/aromatic N) is 3. The number of hydrogen-bond donors (Lipinski definition) is 14. The summed E-state index contributed by atoms with van der Waals surface area (Å²) in [6.07, 6.45) is -2.88. The van der Waals surface area contributed by atoms with Gasteiger partial charge in [0.1, 0.15) is 66.6 Å². The normalized spacial score (nSPS) is 21.6. The summed E-state index contributed by atoms with van der Waals surface area (Å²) in [5, 5.41) is 99.9. The molecule has 1 saturated carbocycles. The second kappa shape index (κ2) is 34.7. The molecule has 7 rings (SSSR count). The minimum Gasteiger partial charge on any atom is -0.508 e. The van der Waals surface area contributed by atoms with Crippen LogP contribution in [0.5, 0.6) is 11.5 Å². The topological polar surface area (TPSA) is 396 Å². The number of aliphatic hydroxyl groups excluding tert-OH is 7. The lowest BCUT2D eigenvalue weighted by molar-refractivity contribution is -0.149. The quantitative estimate of drug-likeness (QED) is 0.0379. The number of piperidine rings is 1. The number of nitrogens with two attached hydrogens (primary N) is 1. The van der Waals surface area contributed by atoms with Gasteiger partial charge in [0, 0.05) is 51.6 Å². The molecule has 502 valence electrons. The Morgan fingerprint density at radius 2 is 1.31 bits per heavy atom. The van der Waals surface area contributed by atoms with Gasteiger partial charge in [-0.1, -0.05) is 81.8 Å². The van der Waals surface area contributed by atoms with E-state index in [4.69, 9.17) is 15.2 Å². The number of nitrogens with one attached hydrogen (secondary N) is 5. The van der Waals surface area contributed by atoms with E-state index >= 15 is 0 Å². The number of likely N-dealkylation sites (tertiary alicyclic amines) is 3. The highest BCUT2D eigenvalue weighted by Crippen LogP contribution is 2.33. The van der Waals surface area contributed by atoms with E-state index in [1.54, 1.807) is 19.1 Å². The lowest BCUT2D eigenvalue weighted by Crippen LogP contribution is -2.63. The van der Waals surface area contributed by atoms with E-state index < -0.39 is 127 Å². The van der Waals surface area contributed by atoms with Crippen LogP contribution in [-0.4, -0.2) is 229 Å². The zero-order valence-corrected chi connectivity index (χ0v) is 52.3. The van der Waals surface area contributed by atoms with E-state index in [1.165, 1.54) is 99.6 Å². The molecule has 4 aliphatic rings. The highest BCUT2D eigenvalue weighted by Gasteiger charge is 2.47. The van der Waals surface area contributed by atoms with Gasteiger partial charge in [0.15, 0.2) is 6.23 Å². The van der Waals surface area contributed by atoms with Crippen molar-refractivity contribution >= 4 is 41.4 Å². The fraction of sp³-hybridized carbons (Fsp3) is 0.615. The van der Waals surface area contributed by atoms with Crippen molar-refractivity contribution < 1.29 is 83.9 Å². The van der Waals surface area contributed by atoms with Crippen LogP contribution in [-0.2, 0) is 33.5 Å². The predicted octanol–water partition coefficient (Wildman–Crippen LogP) is 0.0530. The molecule has 0 bridgehead atoms. The Balaban J connectivity index is 1.03. The molecule has 0 aromatic heterocycles. The summed E-state index contributed by atoms with van der Waals surface area (Å²) in [4.78, 5) is 102. The van der Waals surface area contributed by atoms with E-state index in [0.717, 1.165) is 60.2 Å². The SMILES string of the molecule is CCCC(O)C(NC(=O)C(NC(C)=O)C(O)C(O)c1ccc(O)cc1)C(=O)N1CCC(O)C1C(=O)NC(OCCN)C(O)CC(NC(=O)c1ccc(-c2ccc(OCCN3CCC(CC4CCCCC4)CC3)cc2)cc1)C(=O)NC(C(=O)N1CCC(O)C1)C(C)O. The van der Waals surface area contributed by atoms with E-state index in [2.05, 4.69) is 31.5 Å². The highest BCUT2D eigenvalue weighted by atomic mass is 16.5. The van der Waals surface area contributed by atoms with Crippen molar-refractivity contribution in [1.82, 2.24) is 41.3 Å². The Bertz CT molecular complexity index is 2840. The number of carbonyl (C=O) groups excluding carboxylic acids is 7. The Kier molecular flexibility index (Phi) is 27.3. The third kappa shape index (κ3) is 20.3. The molecule has 0 radical (unpaired) electrons. The van der Waals surface area contributed by atoms with Crippen molar-refractivity contribution in [1.29, 1.82) is 0 Å². The molecular weight excluding hydrogens is 1180 g/mol. The van der Waals surface area contributed by atoms with Crippen LogP contribution < -0.4 is 37.1 Å². The van der Waals surface area contributed by atoms with Crippen molar-refractivity contribution in [2.75, 3.05) is 59.0 Å². The molecule has 4 fully saturated rings. The predicted molar refractivity (Wildman–Crippen MR) is 333 cm³/mol. The molecule has 13 atom stereocenters. The largest absolute Gasteiger partial charge is 0.508 e. The van der Waals surface area contributed by atoms with Crippen LogP contribution >= 0.6 is 0 Å². The number of phenolic OH excluding ortho intramolecular Hbond substituents is 1. The summed E-state index contributed by atoms with van der Waals surface area (Å²) in [7, 11) is 0. The molecule has 26 heteroatoms. The first-order valence-corrected chi connectivity index (χ1v) is 32.1. The Morgan fingerprint density at radius 3 is 1.91 bits per heavy atom. The van der Waals surface area contributed by atoms with Crippen molar-refractivity contribution in [3.05, 3.63) is 83.9 Å². The van der Waals surface area contributed by atoms with Gasteiger partial charge in [0.25, 0.3) is 5.91 Å². The maximum atomic E-state index is 14.6. The average Bonchev–Trinajstić information content (AvgIpc) is 1.85. The average molecular weight is 1270 g/mol. The first-order chi connectivity index (χ1) is 43.5. The van der Waals surface area contributed by atoms with E-state index in [9.17, 15) is 74.4 Å². The lowest BCUT2D eigenvalue weighted by atomic mass is 9.80. The smallest absolute Gasteiger partial charge is 0.251 e. The summed E-state index contributed by atoms with van der Waals surface area (Å²) in [6.45, 7) is 6.83. The van der Waals surface area contributed by atoms with E-state index in [-0.39, 0.29) is 75.3 Å². The van der Waals surface area contributed by atoms with Gasteiger partial charge >= 0.3 is 0 Å². The summed E-state index contributed by atoms with van der Waals surface area (Å²) < 4.78 is 11.9. The molecule has 3 aliphatic heterocycles. The van der Waals surface area contributed by atoms with Crippen LogP contribution in [0, 0.1) is 11.8 Å². The lowest BCUT2D eigenvalue weighted by Gasteiger charge is -2.34. The Hall–Kier alpha value is -6.85. The number of benzene rings is 3. The zero-order valence-electron chi connectivity index (χ0n) is 52.3. The first kappa shape index (κ1) is 71.6.